The molecule has 0 spiro atoms. The van der Waals surface area contributed by atoms with Gasteiger partial charge in [0, 0.05) is 17.8 Å². The monoisotopic (exact) mass is 390 g/mol. The molecule has 2 N–H and O–H groups in total. The van der Waals surface area contributed by atoms with E-state index in [1.54, 1.807) is 36.4 Å². The average Bonchev–Trinajstić information content (AvgIpc) is 3.22. The van der Waals surface area contributed by atoms with Crippen LogP contribution in [0.5, 0.6) is 0 Å². The predicted octanol–water partition coefficient (Wildman–Crippen LogP) is 5.40. The van der Waals surface area contributed by atoms with Gasteiger partial charge in [0.2, 0.25) is 5.91 Å². The molecule has 2 amide bonds. The number of benzene rings is 2. The van der Waals surface area contributed by atoms with Gasteiger partial charge >= 0.3 is 0 Å². The fourth-order valence-corrected chi connectivity index (χ4v) is 2.89. The quantitative estimate of drug-likeness (QED) is 0.592. The molecule has 0 unspecified atom stereocenters. The molecule has 1 aromatic heterocycles. The molecule has 5 heteroatoms. The van der Waals surface area contributed by atoms with Crippen molar-refractivity contribution in [3.05, 3.63) is 83.8 Å². The van der Waals surface area contributed by atoms with E-state index in [0.717, 1.165) is 5.56 Å². The van der Waals surface area contributed by atoms with Gasteiger partial charge in [0.15, 0.2) is 5.76 Å². The van der Waals surface area contributed by atoms with Crippen LogP contribution in [0.2, 0.25) is 0 Å². The van der Waals surface area contributed by atoms with Crippen molar-refractivity contribution in [3.8, 4) is 0 Å². The van der Waals surface area contributed by atoms with Gasteiger partial charge in [-0.15, -0.1) is 0 Å². The molecule has 150 valence electrons. The Morgan fingerprint density at radius 2 is 1.48 bits per heavy atom. The van der Waals surface area contributed by atoms with Crippen molar-refractivity contribution >= 4 is 23.2 Å². The van der Waals surface area contributed by atoms with Crippen molar-refractivity contribution in [1.82, 2.24) is 0 Å². The molecule has 0 saturated carbocycles. The van der Waals surface area contributed by atoms with Crippen LogP contribution in [-0.4, -0.2) is 11.8 Å². The van der Waals surface area contributed by atoms with Crippen molar-refractivity contribution in [3.63, 3.8) is 0 Å². The topological polar surface area (TPSA) is 71.3 Å². The zero-order chi connectivity index (χ0) is 20.9. The van der Waals surface area contributed by atoms with Crippen molar-refractivity contribution in [1.29, 1.82) is 0 Å². The van der Waals surface area contributed by atoms with Crippen LogP contribution in [-0.2, 0) is 16.6 Å². The smallest absolute Gasteiger partial charge is 0.291 e. The van der Waals surface area contributed by atoms with E-state index in [2.05, 4.69) is 55.7 Å². The van der Waals surface area contributed by atoms with Gasteiger partial charge in [-0.1, -0.05) is 45.0 Å². The normalized spacial score (nSPS) is 11.1. The second-order valence-corrected chi connectivity index (χ2v) is 8.00. The highest BCUT2D eigenvalue weighted by Gasteiger charge is 2.13. The lowest BCUT2D eigenvalue weighted by Gasteiger charge is -2.19. The lowest BCUT2D eigenvalue weighted by Crippen LogP contribution is -2.13. The second kappa shape index (κ2) is 8.78. The lowest BCUT2D eigenvalue weighted by molar-refractivity contribution is -0.116. The Balaban J connectivity index is 1.48. The maximum atomic E-state index is 12.2. The summed E-state index contributed by atoms with van der Waals surface area (Å²) in [5.41, 5.74) is 3.87. The third kappa shape index (κ3) is 5.82. The first-order valence-electron chi connectivity index (χ1n) is 9.65. The molecule has 5 nitrogen and oxygen atoms in total. The molecule has 0 bridgehead atoms. The lowest BCUT2D eigenvalue weighted by atomic mass is 9.86. The Kier molecular flexibility index (Phi) is 6.17. The van der Waals surface area contributed by atoms with Gasteiger partial charge in [-0.2, -0.15) is 0 Å². The summed E-state index contributed by atoms with van der Waals surface area (Å²) in [5.74, 6) is -0.112. The fraction of sp³-hybridized carbons (Fsp3) is 0.250. The largest absolute Gasteiger partial charge is 0.459 e. The predicted molar refractivity (Wildman–Crippen MR) is 115 cm³/mol. The van der Waals surface area contributed by atoms with Gasteiger partial charge in [0.25, 0.3) is 5.91 Å². The number of rotatable bonds is 6. The van der Waals surface area contributed by atoms with E-state index in [9.17, 15) is 9.59 Å². The molecule has 0 atom stereocenters. The van der Waals surface area contributed by atoms with Crippen molar-refractivity contribution < 1.29 is 14.0 Å². The highest BCUT2D eigenvalue weighted by molar-refractivity contribution is 6.02. The maximum Gasteiger partial charge on any atom is 0.291 e. The van der Waals surface area contributed by atoms with Crippen LogP contribution >= 0.6 is 0 Å². The summed E-state index contributed by atoms with van der Waals surface area (Å²) in [6, 6.07) is 18.7. The van der Waals surface area contributed by atoms with E-state index < -0.39 is 0 Å². The van der Waals surface area contributed by atoms with Crippen molar-refractivity contribution in [2.45, 2.75) is 39.0 Å². The average molecular weight is 390 g/mol. The summed E-state index contributed by atoms with van der Waals surface area (Å²) in [6.45, 7) is 6.55. The molecular formula is C24H26N2O3. The van der Waals surface area contributed by atoms with Crippen LogP contribution in [0.4, 0.5) is 11.4 Å². The van der Waals surface area contributed by atoms with Crippen LogP contribution in [0.25, 0.3) is 0 Å². The minimum atomic E-state index is -0.315. The maximum absolute atomic E-state index is 12.2. The van der Waals surface area contributed by atoms with Gasteiger partial charge in [0.05, 0.1) is 6.26 Å². The van der Waals surface area contributed by atoms with E-state index in [4.69, 9.17) is 4.42 Å². The molecule has 0 fully saturated rings. The summed E-state index contributed by atoms with van der Waals surface area (Å²) in [4.78, 5) is 24.2. The van der Waals surface area contributed by atoms with E-state index in [-0.39, 0.29) is 23.0 Å². The number of carbonyl (C=O) groups excluding carboxylic acids is 2. The van der Waals surface area contributed by atoms with Gasteiger partial charge in [0.1, 0.15) is 0 Å². The fourth-order valence-electron chi connectivity index (χ4n) is 2.89. The van der Waals surface area contributed by atoms with Crippen molar-refractivity contribution in [2.24, 2.45) is 0 Å². The SMILES string of the molecule is CC(C)(C)c1ccc(CCC(=O)Nc2ccc(NC(=O)c3ccco3)cc2)cc1. The Labute approximate surface area is 171 Å². The molecule has 1 heterocycles. The molecule has 0 aliphatic carbocycles. The van der Waals surface area contributed by atoms with E-state index in [0.29, 0.717) is 24.2 Å². The number of hydrogen-bond donors (Lipinski definition) is 2. The van der Waals surface area contributed by atoms with Crippen LogP contribution in [0, 0.1) is 0 Å². The number of nitrogens with one attached hydrogen (secondary N) is 2. The number of hydrogen-bond acceptors (Lipinski definition) is 3. The van der Waals surface area contributed by atoms with Gasteiger partial charge < -0.3 is 15.1 Å². The van der Waals surface area contributed by atoms with Crippen LogP contribution < -0.4 is 10.6 Å². The Hall–Kier alpha value is -3.34. The highest BCUT2D eigenvalue weighted by atomic mass is 16.3. The van der Waals surface area contributed by atoms with Gasteiger partial charge in [-0.05, 0) is 59.4 Å². The molecular weight excluding hydrogens is 364 g/mol. The summed E-state index contributed by atoms with van der Waals surface area (Å²) in [6.07, 6.45) is 2.55. The molecule has 0 saturated heterocycles. The number of carbonyl (C=O) groups is 2. The first-order valence-corrected chi connectivity index (χ1v) is 9.65. The summed E-state index contributed by atoms with van der Waals surface area (Å²) in [7, 11) is 0. The number of aryl methyl sites for hydroxylation is 1. The van der Waals surface area contributed by atoms with Crippen LogP contribution in [0.3, 0.4) is 0 Å². The Morgan fingerprint density at radius 3 is 2.03 bits per heavy atom. The third-order valence-corrected chi connectivity index (χ3v) is 4.63. The summed E-state index contributed by atoms with van der Waals surface area (Å²) >= 11 is 0. The molecule has 0 aliphatic rings. The first-order chi connectivity index (χ1) is 13.8. The van der Waals surface area contributed by atoms with E-state index >= 15 is 0 Å². The molecule has 0 aliphatic heterocycles. The van der Waals surface area contributed by atoms with E-state index in [1.165, 1.54) is 11.8 Å². The summed E-state index contributed by atoms with van der Waals surface area (Å²) < 4.78 is 5.06. The van der Waals surface area contributed by atoms with Crippen LogP contribution in [0.1, 0.15) is 48.9 Å². The van der Waals surface area contributed by atoms with E-state index in [1.807, 2.05) is 0 Å². The van der Waals surface area contributed by atoms with Crippen LogP contribution in [0.15, 0.2) is 71.3 Å². The molecule has 0 radical (unpaired) electrons. The highest BCUT2D eigenvalue weighted by Crippen LogP contribution is 2.22. The summed E-state index contributed by atoms with van der Waals surface area (Å²) in [5, 5.41) is 5.63. The number of anilines is 2. The second-order valence-electron chi connectivity index (χ2n) is 8.00. The molecule has 3 aromatic rings. The number of furan rings is 1. The Bertz CT molecular complexity index is 951. The van der Waals surface area contributed by atoms with Crippen molar-refractivity contribution in [2.75, 3.05) is 10.6 Å². The molecule has 3 rings (SSSR count). The van der Waals surface area contributed by atoms with Gasteiger partial charge in [-0.3, -0.25) is 9.59 Å². The Morgan fingerprint density at radius 1 is 0.862 bits per heavy atom. The zero-order valence-electron chi connectivity index (χ0n) is 17.0. The van der Waals surface area contributed by atoms with Gasteiger partial charge in [-0.25, -0.2) is 0 Å². The molecule has 2 aromatic carbocycles. The molecule has 29 heavy (non-hydrogen) atoms. The standard InChI is InChI=1S/C24H26N2O3/c1-24(2,3)18-9-6-17(7-10-18)8-15-22(27)25-19-11-13-20(14-12-19)26-23(28)21-5-4-16-29-21/h4-7,9-14,16H,8,15H2,1-3H3,(H,25,27)(H,26,28). The third-order valence-electron chi connectivity index (χ3n) is 4.63. The minimum Gasteiger partial charge on any atom is -0.459 e. The first kappa shape index (κ1) is 20.4. The zero-order valence-corrected chi connectivity index (χ0v) is 17.0. The minimum absolute atomic E-state index is 0.0442. The number of amides is 2.